The van der Waals surface area contributed by atoms with Crippen molar-refractivity contribution < 1.29 is 0 Å². The Kier molecular flexibility index (Phi) is 2.25. The van der Waals surface area contributed by atoms with Crippen molar-refractivity contribution in [3.63, 3.8) is 0 Å². The van der Waals surface area contributed by atoms with Crippen molar-refractivity contribution in [2.45, 2.75) is 5.03 Å². The van der Waals surface area contributed by atoms with Crippen LogP contribution in [0.25, 0.3) is 5.82 Å². The van der Waals surface area contributed by atoms with E-state index in [2.05, 4.69) is 23.7 Å². The third-order valence-electron chi connectivity index (χ3n) is 1.86. The molecule has 0 spiro atoms. The maximum Gasteiger partial charge on any atom is 0.155 e. The van der Waals surface area contributed by atoms with Crippen molar-refractivity contribution in [3.05, 3.63) is 42.2 Å². The molecule has 0 radical (unpaired) electrons. The van der Waals surface area contributed by atoms with Gasteiger partial charge in [0.15, 0.2) is 5.82 Å². The van der Waals surface area contributed by atoms with E-state index >= 15 is 0 Å². The number of rotatable bonds is 1. The Morgan fingerprint density at radius 1 is 1.36 bits per heavy atom. The summed E-state index contributed by atoms with van der Waals surface area (Å²) in [6.45, 7) is 0. The molecular weight excluding hydrogens is 194 g/mol. The van der Waals surface area contributed by atoms with E-state index in [-0.39, 0.29) is 0 Å². The maximum atomic E-state index is 8.88. The first kappa shape index (κ1) is 8.85. The predicted octanol–water partition coefficient (Wildman–Crippen LogP) is 2.03. The fourth-order valence-corrected chi connectivity index (χ4v) is 1.47. The topological polar surface area (TPSA) is 41.6 Å². The van der Waals surface area contributed by atoms with E-state index in [9.17, 15) is 0 Å². The van der Waals surface area contributed by atoms with Gasteiger partial charge in [0.25, 0.3) is 0 Å². The monoisotopic (exact) mass is 201 g/mol. The summed E-state index contributed by atoms with van der Waals surface area (Å²) < 4.78 is 1.77. The van der Waals surface area contributed by atoms with Crippen molar-refractivity contribution in [3.8, 4) is 11.9 Å². The van der Waals surface area contributed by atoms with Crippen molar-refractivity contribution in [1.82, 2.24) is 9.55 Å². The molecular formula is C10H7N3S. The van der Waals surface area contributed by atoms with Gasteiger partial charge < -0.3 is 0 Å². The lowest BCUT2D eigenvalue weighted by Gasteiger charge is -2.05. The van der Waals surface area contributed by atoms with Crippen molar-refractivity contribution in [2.75, 3.05) is 0 Å². The van der Waals surface area contributed by atoms with E-state index in [1.54, 1.807) is 22.9 Å². The molecule has 14 heavy (non-hydrogen) atoms. The second-order valence-electron chi connectivity index (χ2n) is 2.72. The van der Waals surface area contributed by atoms with E-state index in [4.69, 9.17) is 5.26 Å². The Hall–Kier alpha value is -1.73. The van der Waals surface area contributed by atoms with Gasteiger partial charge in [0.1, 0.15) is 6.07 Å². The summed E-state index contributed by atoms with van der Waals surface area (Å²) in [6, 6.07) is 9.27. The molecule has 0 saturated heterocycles. The van der Waals surface area contributed by atoms with Crippen LogP contribution in [0.3, 0.4) is 0 Å². The maximum absolute atomic E-state index is 8.88. The largest absolute Gasteiger partial charge is 0.295 e. The molecule has 2 heterocycles. The predicted molar refractivity (Wildman–Crippen MR) is 55.5 cm³/mol. The van der Waals surface area contributed by atoms with Gasteiger partial charge >= 0.3 is 0 Å². The SMILES string of the molecule is N#Cc1cccnc1-n1cccc1S. The van der Waals surface area contributed by atoms with Gasteiger partial charge in [-0.15, -0.1) is 12.6 Å². The minimum atomic E-state index is 0.541. The zero-order chi connectivity index (χ0) is 9.97. The molecule has 0 aromatic carbocycles. The minimum Gasteiger partial charge on any atom is -0.295 e. The van der Waals surface area contributed by atoms with Gasteiger partial charge in [-0.25, -0.2) is 4.98 Å². The lowest BCUT2D eigenvalue weighted by molar-refractivity contribution is 0.910. The molecule has 0 atom stereocenters. The van der Waals surface area contributed by atoms with Crippen LogP contribution in [0, 0.1) is 11.3 Å². The molecule has 2 rings (SSSR count). The van der Waals surface area contributed by atoms with Crippen LogP contribution in [-0.4, -0.2) is 9.55 Å². The molecule has 0 fully saturated rings. The third kappa shape index (κ3) is 1.38. The molecule has 0 aliphatic heterocycles. The molecule has 0 aliphatic rings. The van der Waals surface area contributed by atoms with Gasteiger partial charge in [0.2, 0.25) is 0 Å². The van der Waals surface area contributed by atoms with Gasteiger partial charge in [-0.3, -0.25) is 4.57 Å². The van der Waals surface area contributed by atoms with Crippen LogP contribution in [0.4, 0.5) is 0 Å². The summed E-state index contributed by atoms with van der Waals surface area (Å²) in [5, 5.41) is 9.64. The Morgan fingerprint density at radius 2 is 2.21 bits per heavy atom. The second-order valence-corrected chi connectivity index (χ2v) is 3.18. The van der Waals surface area contributed by atoms with E-state index in [1.165, 1.54) is 0 Å². The molecule has 2 aromatic rings. The fraction of sp³-hybridized carbons (Fsp3) is 0. The van der Waals surface area contributed by atoms with Crippen molar-refractivity contribution >= 4 is 12.6 Å². The van der Waals surface area contributed by atoms with Crippen molar-refractivity contribution in [2.24, 2.45) is 0 Å². The Labute approximate surface area is 87.0 Å². The van der Waals surface area contributed by atoms with Gasteiger partial charge in [0.05, 0.1) is 10.6 Å². The first-order valence-corrected chi connectivity index (χ1v) is 4.49. The van der Waals surface area contributed by atoms with Crippen LogP contribution in [-0.2, 0) is 0 Å². The molecule has 0 bridgehead atoms. The number of thiol groups is 1. The average molecular weight is 201 g/mol. The lowest BCUT2D eigenvalue weighted by atomic mass is 10.3. The van der Waals surface area contributed by atoms with Crippen LogP contribution in [0.1, 0.15) is 5.56 Å². The Morgan fingerprint density at radius 3 is 2.86 bits per heavy atom. The van der Waals surface area contributed by atoms with Crippen LogP contribution in [0.15, 0.2) is 41.7 Å². The first-order chi connectivity index (χ1) is 6.83. The molecule has 0 amide bonds. The highest BCUT2D eigenvalue weighted by Crippen LogP contribution is 2.16. The van der Waals surface area contributed by atoms with E-state index in [1.807, 2.05) is 18.3 Å². The lowest BCUT2D eigenvalue weighted by Crippen LogP contribution is -1.98. The molecule has 0 unspecified atom stereocenters. The standard InChI is InChI=1S/C10H7N3S/c11-7-8-3-1-5-12-10(8)13-6-2-4-9(13)14/h1-6,14H. The van der Waals surface area contributed by atoms with E-state index in [0.29, 0.717) is 11.4 Å². The number of nitrogens with zero attached hydrogens (tertiary/aromatic N) is 3. The molecule has 0 aliphatic carbocycles. The summed E-state index contributed by atoms with van der Waals surface area (Å²) in [6.07, 6.45) is 3.48. The Bertz CT molecular complexity index is 496. The van der Waals surface area contributed by atoms with Gasteiger partial charge in [-0.2, -0.15) is 5.26 Å². The van der Waals surface area contributed by atoms with Crippen molar-refractivity contribution in [1.29, 1.82) is 5.26 Å². The van der Waals surface area contributed by atoms with Gasteiger partial charge in [0, 0.05) is 12.4 Å². The summed E-state index contributed by atoms with van der Waals surface area (Å²) in [4.78, 5) is 4.14. The second kappa shape index (κ2) is 3.56. The average Bonchev–Trinajstić information content (AvgIpc) is 2.64. The fourth-order valence-electron chi connectivity index (χ4n) is 1.23. The van der Waals surface area contributed by atoms with Gasteiger partial charge in [-0.1, -0.05) is 0 Å². The van der Waals surface area contributed by atoms with Gasteiger partial charge in [-0.05, 0) is 24.3 Å². The molecule has 4 heteroatoms. The Balaban J connectivity index is 2.64. The molecule has 2 aromatic heterocycles. The molecule has 68 valence electrons. The van der Waals surface area contributed by atoms with Crippen LogP contribution in [0.2, 0.25) is 0 Å². The molecule has 0 saturated carbocycles. The number of aromatic nitrogens is 2. The van der Waals surface area contributed by atoms with Crippen LogP contribution >= 0.6 is 12.6 Å². The quantitative estimate of drug-likeness (QED) is 0.717. The number of hydrogen-bond acceptors (Lipinski definition) is 3. The summed E-state index contributed by atoms with van der Waals surface area (Å²) in [7, 11) is 0. The summed E-state index contributed by atoms with van der Waals surface area (Å²) in [5.41, 5.74) is 0.541. The summed E-state index contributed by atoms with van der Waals surface area (Å²) in [5.74, 6) is 0.616. The minimum absolute atomic E-state index is 0.541. The molecule has 0 N–H and O–H groups in total. The van der Waals surface area contributed by atoms with Crippen LogP contribution in [0.5, 0.6) is 0 Å². The number of pyridine rings is 1. The highest BCUT2D eigenvalue weighted by molar-refractivity contribution is 7.80. The molecule has 3 nitrogen and oxygen atoms in total. The normalized spacial score (nSPS) is 9.71. The van der Waals surface area contributed by atoms with E-state index in [0.717, 1.165) is 5.03 Å². The smallest absolute Gasteiger partial charge is 0.155 e. The van der Waals surface area contributed by atoms with Crippen LogP contribution < -0.4 is 0 Å². The third-order valence-corrected chi connectivity index (χ3v) is 2.23. The number of hydrogen-bond donors (Lipinski definition) is 1. The zero-order valence-corrected chi connectivity index (χ0v) is 8.15. The number of nitriles is 1. The highest BCUT2D eigenvalue weighted by atomic mass is 32.1. The summed E-state index contributed by atoms with van der Waals surface area (Å²) >= 11 is 4.26. The van der Waals surface area contributed by atoms with E-state index < -0.39 is 0 Å². The first-order valence-electron chi connectivity index (χ1n) is 4.05. The highest BCUT2D eigenvalue weighted by Gasteiger charge is 2.05. The zero-order valence-electron chi connectivity index (χ0n) is 7.25.